The Hall–Kier alpha value is -0.720. The van der Waals surface area contributed by atoms with Crippen molar-refractivity contribution in [1.29, 1.82) is 0 Å². The van der Waals surface area contributed by atoms with Crippen LogP contribution in [-0.2, 0) is 4.74 Å². The smallest absolute Gasteiger partial charge is 0.0965 e. The van der Waals surface area contributed by atoms with Gasteiger partial charge in [-0.1, -0.05) is 45.8 Å². The zero-order valence-corrected chi connectivity index (χ0v) is 10.4. The van der Waals surface area contributed by atoms with E-state index in [4.69, 9.17) is 4.74 Å². The monoisotopic (exact) mass is 208 g/mol. The summed E-state index contributed by atoms with van der Waals surface area (Å²) in [5.74, 6) is 1.13. The molecule has 86 valence electrons. The standard InChI is InChI=1S/C14H24O/c1-5-6-7-8-15-13-9-12(2)10-14(3,4)11-13/h11H,2,5-10H2,1,3-4H3. The third kappa shape index (κ3) is 4.55. The number of hydrogen-bond acceptors (Lipinski definition) is 1. The van der Waals surface area contributed by atoms with Gasteiger partial charge in [0.15, 0.2) is 0 Å². The maximum absolute atomic E-state index is 5.79. The first-order chi connectivity index (χ1) is 7.03. The molecule has 1 aliphatic carbocycles. The van der Waals surface area contributed by atoms with Gasteiger partial charge in [0, 0.05) is 6.42 Å². The Labute approximate surface area is 94.2 Å². The predicted octanol–water partition coefficient (Wildman–Crippen LogP) is 4.45. The van der Waals surface area contributed by atoms with Crippen molar-refractivity contribution in [1.82, 2.24) is 0 Å². The zero-order valence-electron chi connectivity index (χ0n) is 10.4. The molecule has 1 heteroatoms. The Balaban J connectivity index is 2.40. The van der Waals surface area contributed by atoms with Crippen LogP contribution in [0.5, 0.6) is 0 Å². The summed E-state index contributed by atoms with van der Waals surface area (Å²) in [7, 11) is 0. The lowest BCUT2D eigenvalue weighted by Crippen LogP contribution is -2.16. The van der Waals surface area contributed by atoms with Crippen LogP contribution in [0.3, 0.4) is 0 Å². The van der Waals surface area contributed by atoms with Crippen LogP contribution in [-0.4, -0.2) is 6.61 Å². The lowest BCUT2D eigenvalue weighted by Gasteiger charge is -2.28. The van der Waals surface area contributed by atoms with Crippen LogP contribution in [0.4, 0.5) is 0 Å². The third-order valence-corrected chi connectivity index (χ3v) is 2.72. The van der Waals surface area contributed by atoms with Gasteiger partial charge in [-0.05, 0) is 24.3 Å². The van der Waals surface area contributed by atoms with E-state index in [2.05, 4.69) is 33.4 Å². The van der Waals surface area contributed by atoms with Crippen LogP contribution in [0, 0.1) is 5.41 Å². The minimum absolute atomic E-state index is 0.232. The first kappa shape index (κ1) is 12.4. The van der Waals surface area contributed by atoms with Gasteiger partial charge in [-0.15, -0.1) is 0 Å². The minimum Gasteiger partial charge on any atom is -0.498 e. The molecule has 0 atom stereocenters. The third-order valence-electron chi connectivity index (χ3n) is 2.72. The van der Waals surface area contributed by atoms with Gasteiger partial charge in [0.05, 0.1) is 12.4 Å². The van der Waals surface area contributed by atoms with E-state index in [0.29, 0.717) is 0 Å². The van der Waals surface area contributed by atoms with Crippen molar-refractivity contribution in [2.45, 2.75) is 52.9 Å². The Bertz CT molecular complexity index is 248. The molecule has 0 bridgehead atoms. The van der Waals surface area contributed by atoms with E-state index in [0.717, 1.165) is 25.2 Å². The van der Waals surface area contributed by atoms with Gasteiger partial charge in [0.25, 0.3) is 0 Å². The summed E-state index contributed by atoms with van der Waals surface area (Å²) in [6, 6.07) is 0. The molecule has 0 aromatic heterocycles. The fourth-order valence-corrected chi connectivity index (χ4v) is 2.14. The molecule has 1 rings (SSSR count). The van der Waals surface area contributed by atoms with Crippen molar-refractivity contribution in [3.8, 4) is 0 Å². The molecule has 1 aliphatic rings. The number of ether oxygens (including phenoxy) is 1. The number of unbranched alkanes of at least 4 members (excludes halogenated alkanes) is 2. The van der Waals surface area contributed by atoms with Crippen molar-refractivity contribution in [3.05, 3.63) is 24.0 Å². The Kier molecular flexibility index (Phi) is 4.44. The highest BCUT2D eigenvalue weighted by atomic mass is 16.5. The zero-order chi connectivity index (χ0) is 11.3. The van der Waals surface area contributed by atoms with Crippen LogP contribution in [0.1, 0.15) is 52.9 Å². The summed E-state index contributed by atoms with van der Waals surface area (Å²) < 4.78 is 5.79. The van der Waals surface area contributed by atoms with Crippen molar-refractivity contribution in [2.24, 2.45) is 5.41 Å². The largest absolute Gasteiger partial charge is 0.498 e. The van der Waals surface area contributed by atoms with Crippen LogP contribution >= 0.6 is 0 Å². The molecule has 0 aliphatic heterocycles. The molecule has 0 heterocycles. The normalized spacial score (nSPS) is 19.9. The molecule has 0 radical (unpaired) electrons. The maximum atomic E-state index is 5.79. The summed E-state index contributed by atoms with van der Waals surface area (Å²) in [4.78, 5) is 0. The highest BCUT2D eigenvalue weighted by molar-refractivity contribution is 5.19. The molecule has 0 fully saturated rings. The Morgan fingerprint density at radius 2 is 2.13 bits per heavy atom. The molecule has 0 N–H and O–H groups in total. The fourth-order valence-electron chi connectivity index (χ4n) is 2.14. The van der Waals surface area contributed by atoms with Gasteiger partial charge in [-0.2, -0.15) is 0 Å². The van der Waals surface area contributed by atoms with E-state index < -0.39 is 0 Å². The molecule has 0 saturated heterocycles. The molecule has 0 aromatic rings. The highest BCUT2D eigenvalue weighted by Gasteiger charge is 2.23. The van der Waals surface area contributed by atoms with Gasteiger partial charge in [-0.25, -0.2) is 0 Å². The van der Waals surface area contributed by atoms with Crippen LogP contribution in [0.2, 0.25) is 0 Å². The van der Waals surface area contributed by atoms with Crippen LogP contribution in [0.25, 0.3) is 0 Å². The summed E-state index contributed by atoms with van der Waals surface area (Å²) in [6.07, 6.45) is 7.98. The van der Waals surface area contributed by atoms with Crippen molar-refractivity contribution < 1.29 is 4.74 Å². The second-order valence-corrected chi connectivity index (χ2v) is 5.26. The van der Waals surface area contributed by atoms with Gasteiger partial charge >= 0.3 is 0 Å². The number of rotatable bonds is 5. The van der Waals surface area contributed by atoms with Gasteiger partial charge < -0.3 is 4.74 Å². The molecule has 0 unspecified atom stereocenters. The predicted molar refractivity (Wildman–Crippen MR) is 65.7 cm³/mol. The lowest BCUT2D eigenvalue weighted by atomic mass is 9.80. The van der Waals surface area contributed by atoms with Crippen molar-refractivity contribution >= 4 is 0 Å². The average Bonchev–Trinajstić information content (AvgIpc) is 2.09. The molecule has 0 saturated carbocycles. The quantitative estimate of drug-likeness (QED) is 0.479. The topological polar surface area (TPSA) is 9.23 Å². The highest BCUT2D eigenvalue weighted by Crippen LogP contribution is 2.36. The van der Waals surface area contributed by atoms with E-state index in [9.17, 15) is 0 Å². The average molecular weight is 208 g/mol. The fraction of sp³-hybridized carbons (Fsp3) is 0.714. The minimum atomic E-state index is 0.232. The molecule has 0 spiro atoms. The molecular formula is C14H24O. The van der Waals surface area contributed by atoms with E-state index in [1.165, 1.54) is 24.8 Å². The molecule has 1 nitrogen and oxygen atoms in total. The van der Waals surface area contributed by atoms with Gasteiger partial charge in [0.1, 0.15) is 0 Å². The molecule has 15 heavy (non-hydrogen) atoms. The summed E-state index contributed by atoms with van der Waals surface area (Å²) >= 11 is 0. The van der Waals surface area contributed by atoms with Crippen molar-refractivity contribution in [2.75, 3.05) is 6.61 Å². The summed E-state index contributed by atoms with van der Waals surface area (Å²) in [5.41, 5.74) is 1.53. The van der Waals surface area contributed by atoms with Gasteiger partial charge in [0.2, 0.25) is 0 Å². The molecule has 0 aromatic carbocycles. The summed E-state index contributed by atoms with van der Waals surface area (Å²) in [6.45, 7) is 11.6. The summed E-state index contributed by atoms with van der Waals surface area (Å²) in [5, 5.41) is 0. The van der Waals surface area contributed by atoms with E-state index >= 15 is 0 Å². The Morgan fingerprint density at radius 1 is 1.40 bits per heavy atom. The maximum Gasteiger partial charge on any atom is 0.0965 e. The second kappa shape index (κ2) is 5.39. The molecule has 0 amide bonds. The van der Waals surface area contributed by atoms with Gasteiger partial charge in [-0.3, -0.25) is 0 Å². The Morgan fingerprint density at radius 3 is 2.73 bits per heavy atom. The molecular weight excluding hydrogens is 184 g/mol. The van der Waals surface area contributed by atoms with E-state index in [1.54, 1.807) is 0 Å². The first-order valence-corrected chi connectivity index (χ1v) is 6.05. The second-order valence-electron chi connectivity index (χ2n) is 5.26. The lowest BCUT2D eigenvalue weighted by molar-refractivity contribution is 0.187. The van der Waals surface area contributed by atoms with E-state index in [1.807, 2.05) is 0 Å². The SMILES string of the molecule is C=C1CC(OCCCCC)=CC(C)(C)C1. The first-order valence-electron chi connectivity index (χ1n) is 6.05. The van der Waals surface area contributed by atoms with Crippen LogP contribution in [0.15, 0.2) is 24.0 Å². The number of allylic oxidation sites excluding steroid dienone is 2. The van der Waals surface area contributed by atoms with Crippen LogP contribution < -0.4 is 0 Å². The van der Waals surface area contributed by atoms with E-state index in [-0.39, 0.29) is 5.41 Å². The number of hydrogen-bond donors (Lipinski definition) is 0. The van der Waals surface area contributed by atoms with Crippen molar-refractivity contribution in [3.63, 3.8) is 0 Å².